The topological polar surface area (TPSA) is 12.0 Å². The largest absolute Gasteiger partial charge is 0.538 e. The van der Waals surface area contributed by atoms with Gasteiger partial charge in [0, 0.05) is 22.3 Å². The highest BCUT2D eigenvalue weighted by molar-refractivity contribution is 6.71. The van der Waals surface area contributed by atoms with Crippen molar-refractivity contribution >= 4 is 18.1 Å². The first-order chi connectivity index (χ1) is 19.6. The van der Waals surface area contributed by atoms with E-state index in [9.17, 15) is 0 Å². The Morgan fingerprint density at radius 2 is 1.34 bits per heavy atom. The number of rotatable bonds is 4. The van der Waals surface area contributed by atoms with Gasteiger partial charge in [0.25, 0.3) is 5.82 Å². The molecule has 1 aliphatic heterocycles. The van der Waals surface area contributed by atoms with Gasteiger partial charge in [0.05, 0.1) is 12.6 Å². The molecule has 1 aliphatic rings. The molecule has 41 heavy (non-hydrogen) atoms. The van der Waals surface area contributed by atoms with E-state index in [2.05, 4.69) is 167 Å². The number of anilines is 1. The fourth-order valence-corrected chi connectivity index (χ4v) is 6.86. The number of hydrogen-bond donors (Lipinski definition) is 0. The zero-order chi connectivity index (χ0) is 29.1. The maximum Gasteiger partial charge on any atom is 0.538 e. The number of hydrogen-bond acceptors (Lipinski definition) is 1. The third-order valence-corrected chi connectivity index (χ3v) is 8.73. The minimum atomic E-state index is -0.0222. The summed E-state index contributed by atoms with van der Waals surface area (Å²) in [5, 5.41) is 0. The molecule has 0 N–H and O–H groups in total. The maximum atomic E-state index is 2.64. The van der Waals surface area contributed by atoms with Gasteiger partial charge in [0.15, 0.2) is 11.4 Å². The van der Waals surface area contributed by atoms with Crippen LogP contribution in [0.1, 0.15) is 57.2 Å². The zero-order valence-corrected chi connectivity index (χ0v) is 25.7. The van der Waals surface area contributed by atoms with Crippen LogP contribution in [0.15, 0.2) is 97.1 Å². The van der Waals surface area contributed by atoms with E-state index in [1.807, 2.05) is 0 Å². The monoisotopic (exact) mass is 538 g/mol. The predicted molar refractivity (Wildman–Crippen MR) is 175 cm³/mol. The molecule has 0 radical (unpaired) electrons. The lowest BCUT2D eigenvalue weighted by Gasteiger charge is -2.36. The van der Waals surface area contributed by atoms with Crippen LogP contribution >= 0.6 is 0 Å². The van der Waals surface area contributed by atoms with Crippen molar-refractivity contribution in [1.82, 2.24) is 4.57 Å². The Labute approximate surface area is 246 Å². The predicted octanol–water partition coefficient (Wildman–Crippen LogP) is 7.74. The lowest BCUT2D eigenvalue weighted by atomic mass is 9.56. The SMILES string of the molecule is Cc1cccc2c1-c1n(C)c(-c3ccccc3)c(-c3ccccc3)[n+]1B(c1c(C(C)C)cccc1C(C)(C)C)N2C. The van der Waals surface area contributed by atoms with Crippen LogP contribution in [0.5, 0.6) is 0 Å². The number of imidazole rings is 1. The molecule has 0 saturated heterocycles. The second-order valence-corrected chi connectivity index (χ2v) is 12.8. The standard InChI is InChI=1S/C37H41BN3/c1-25(2)29-22-16-23-30(37(4,5)6)33(29)38-40(8)31-24-15-17-26(3)32(31)36-39(7)34(27-18-11-9-12-19-27)35(41(36)38)28-20-13-10-14-21-28/h9-25H,1-8H3/q+1. The molecule has 4 aromatic carbocycles. The fourth-order valence-electron chi connectivity index (χ4n) is 6.86. The van der Waals surface area contributed by atoms with Crippen molar-refractivity contribution in [1.29, 1.82) is 0 Å². The third kappa shape index (κ3) is 4.32. The molecule has 3 nitrogen and oxygen atoms in total. The molecule has 206 valence electrons. The van der Waals surface area contributed by atoms with Crippen molar-refractivity contribution in [2.45, 2.75) is 52.9 Å². The summed E-state index contributed by atoms with van der Waals surface area (Å²) in [5.74, 6) is 1.64. The van der Waals surface area contributed by atoms with Gasteiger partial charge in [0.2, 0.25) is 0 Å². The summed E-state index contributed by atoms with van der Waals surface area (Å²) in [6.07, 6.45) is 0. The molecule has 0 aliphatic carbocycles. The fraction of sp³-hybridized carbons (Fsp3) is 0.270. The number of aromatic nitrogens is 2. The first-order valence-electron chi connectivity index (χ1n) is 14.8. The molecule has 6 rings (SSSR count). The second-order valence-electron chi connectivity index (χ2n) is 12.8. The lowest BCUT2D eigenvalue weighted by molar-refractivity contribution is -0.511. The molecule has 0 bridgehead atoms. The molecule has 5 aromatic rings. The maximum absolute atomic E-state index is 2.64. The van der Waals surface area contributed by atoms with Gasteiger partial charge in [-0.05, 0) is 48.1 Å². The van der Waals surface area contributed by atoms with Gasteiger partial charge in [-0.1, -0.05) is 126 Å². The van der Waals surface area contributed by atoms with Gasteiger partial charge < -0.3 is 4.81 Å². The highest BCUT2D eigenvalue weighted by atomic mass is 15.2. The molecule has 1 aromatic heterocycles. The van der Waals surface area contributed by atoms with Crippen molar-refractivity contribution in [3.8, 4) is 33.9 Å². The van der Waals surface area contributed by atoms with Crippen molar-refractivity contribution < 1.29 is 4.48 Å². The first kappa shape index (κ1) is 27.1. The Kier molecular flexibility index (Phi) is 6.69. The summed E-state index contributed by atoms with van der Waals surface area (Å²) in [7, 11) is 4.53. The number of benzene rings is 4. The molecule has 0 atom stereocenters. The van der Waals surface area contributed by atoms with Crippen LogP contribution in [0.25, 0.3) is 33.9 Å². The van der Waals surface area contributed by atoms with E-state index in [4.69, 9.17) is 0 Å². The van der Waals surface area contributed by atoms with E-state index in [-0.39, 0.29) is 12.4 Å². The zero-order valence-electron chi connectivity index (χ0n) is 25.7. The quantitative estimate of drug-likeness (QED) is 0.213. The summed E-state index contributed by atoms with van der Waals surface area (Å²) >= 11 is 0. The Balaban J connectivity index is 1.84. The van der Waals surface area contributed by atoms with Crippen LogP contribution in [0.4, 0.5) is 5.69 Å². The van der Waals surface area contributed by atoms with E-state index >= 15 is 0 Å². The molecule has 0 spiro atoms. The van der Waals surface area contributed by atoms with Crippen molar-refractivity contribution in [2.75, 3.05) is 11.9 Å². The van der Waals surface area contributed by atoms with E-state index in [0.717, 1.165) is 0 Å². The van der Waals surface area contributed by atoms with Gasteiger partial charge in [-0.2, -0.15) is 0 Å². The smallest absolute Gasteiger partial charge is 0.372 e. The first-order valence-corrected chi connectivity index (χ1v) is 14.8. The number of aryl methyl sites for hydroxylation is 1. The molecule has 4 heteroatoms. The van der Waals surface area contributed by atoms with E-state index in [0.29, 0.717) is 5.92 Å². The number of fused-ring (bicyclic) bond motifs is 3. The lowest BCUT2D eigenvalue weighted by Crippen LogP contribution is -2.72. The minimum Gasteiger partial charge on any atom is -0.372 e. The summed E-state index contributed by atoms with van der Waals surface area (Å²) in [4.78, 5) is 2.52. The highest BCUT2D eigenvalue weighted by Crippen LogP contribution is 2.42. The van der Waals surface area contributed by atoms with E-state index in [1.165, 1.54) is 61.7 Å². The number of nitrogens with zero attached hydrogens (tertiary/aromatic N) is 3. The van der Waals surface area contributed by atoms with Crippen LogP contribution in [-0.2, 0) is 12.5 Å². The van der Waals surface area contributed by atoms with E-state index in [1.54, 1.807) is 0 Å². The summed E-state index contributed by atoms with van der Waals surface area (Å²) < 4.78 is 5.09. The van der Waals surface area contributed by atoms with Gasteiger partial charge in [-0.3, -0.25) is 4.48 Å². The van der Waals surface area contributed by atoms with Crippen LogP contribution in [-0.4, -0.2) is 18.6 Å². The second kappa shape index (κ2) is 10.1. The van der Waals surface area contributed by atoms with Crippen molar-refractivity contribution in [2.24, 2.45) is 7.05 Å². The molecule has 2 heterocycles. The molecular formula is C37H41BN3+. The third-order valence-electron chi connectivity index (χ3n) is 8.73. The molecule has 0 saturated carbocycles. The Hall–Kier alpha value is -4.05. The Morgan fingerprint density at radius 3 is 1.95 bits per heavy atom. The normalized spacial score (nSPS) is 13.0. The van der Waals surface area contributed by atoms with Gasteiger partial charge >= 0.3 is 6.98 Å². The summed E-state index contributed by atoms with van der Waals surface area (Å²) in [6, 6.07) is 35.5. The Morgan fingerprint density at radius 1 is 0.732 bits per heavy atom. The molecule has 0 amide bonds. The highest BCUT2D eigenvalue weighted by Gasteiger charge is 2.50. The van der Waals surface area contributed by atoms with Gasteiger partial charge in [0.1, 0.15) is 0 Å². The van der Waals surface area contributed by atoms with E-state index < -0.39 is 0 Å². The van der Waals surface area contributed by atoms with Crippen molar-refractivity contribution in [3.63, 3.8) is 0 Å². The molecule has 0 fully saturated rings. The van der Waals surface area contributed by atoms with Crippen LogP contribution in [0.2, 0.25) is 0 Å². The summed E-state index contributed by atoms with van der Waals surface area (Å²) in [5.41, 5.74) is 13.0. The minimum absolute atomic E-state index is 0.0152. The average molecular weight is 539 g/mol. The molecular weight excluding hydrogens is 497 g/mol. The van der Waals surface area contributed by atoms with Crippen LogP contribution in [0.3, 0.4) is 0 Å². The van der Waals surface area contributed by atoms with Gasteiger partial charge in [-0.25, -0.2) is 4.57 Å². The molecule has 0 unspecified atom stereocenters. The Bertz CT molecular complexity index is 1730. The van der Waals surface area contributed by atoms with Crippen molar-refractivity contribution in [3.05, 3.63) is 114 Å². The average Bonchev–Trinajstić information content (AvgIpc) is 3.25. The van der Waals surface area contributed by atoms with Crippen LogP contribution in [0, 0.1) is 6.92 Å². The summed E-state index contributed by atoms with van der Waals surface area (Å²) in [6.45, 7) is 13.9. The van der Waals surface area contributed by atoms with Crippen LogP contribution < -0.4 is 14.8 Å². The van der Waals surface area contributed by atoms with Gasteiger partial charge in [-0.15, -0.1) is 0 Å².